The molecule has 0 unspecified atom stereocenters. The van der Waals surface area contributed by atoms with Crippen LogP contribution in [-0.2, 0) is 6.42 Å². The molecule has 0 fully saturated rings. The number of aromatic nitrogens is 1. The summed E-state index contributed by atoms with van der Waals surface area (Å²) < 4.78 is 0. The molecule has 0 radical (unpaired) electrons. The van der Waals surface area contributed by atoms with Gasteiger partial charge in [0.05, 0.1) is 0 Å². The van der Waals surface area contributed by atoms with E-state index in [-0.39, 0.29) is 5.78 Å². The molecule has 98 valence electrons. The van der Waals surface area contributed by atoms with E-state index in [1.165, 1.54) is 6.20 Å². The lowest BCUT2D eigenvalue weighted by Crippen LogP contribution is -2.09. The monoisotopic (exact) mass is 274 g/mol. The minimum Gasteiger partial charge on any atom is -0.378 e. The number of rotatable bonds is 4. The summed E-state index contributed by atoms with van der Waals surface area (Å²) in [4.78, 5) is 18.0. The third-order valence-electron chi connectivity index (χ3n) is 2.87. The number of Topliss-reactive ketones (excluding diaryl/α,β-unsaturated/α-hetero) is 1. The molecule has 3 nitrogen and oxygen atoms in total. The molecule has 0 N–H and O–H groups in total. The summed E-state index contributed by atoms with van der Waals surface area (Å²) >= 11 is 5.70. The summed E-state index contributed by atoms with van der Waals surface area (Å²) in [6.07, 6.45) is 1.88. The molecule has 0 aliphatic heterocycles. The summed E-state index contributed by atoms with van der Waals surface area (Å²) in [5.41, 5.74) is 2.69. The Kier molecular flexibility index (Phi) is 4.17. The Morgan fingerprint density at radius 3 is 2.37 bits per heavy atom. The van der Waals surface area contributed by atoms with Gasteiger partial charge in [-0.25, -0.2) is 4.98 Å². The molecule has 0 aliphatic rings. The SMILES string of the molecule is CN(C)c1ccc(CC(=O)c2ccc(Cl)nc2)cc1. The molecule has 0 saturated heterocycles. The van der Waals surface area contributed by atoms with Gasteiger partial charge in [-0.15, -0.1) is 0 Å². The average molecular weight is 275 g/mol. The number of halogens is 1. The maximum Gasteiger partial charge on any atom is 0.168 e. The van der Waals surface area contributed by atoms with Crippen molar-refractivity contribution in [2.75, 3.05) is 19.0 Å². The Balaban J connectivity index is 2.08. The van der Waals surface area contributed by atoms with E-state index in [4.69, 9.17) is 11.6 Å². The number of anilines is 1. The Bertz CT molecular complexity index is 562. The van der Waals surface area contributed by atoms with Gasteiger partial charge >= 0.3 is 0 Å². The lowest BCUT2D eigenvalue weighted by atomic mass is 10.0. The first-order valence-electron chi connectivity index (χ1n) is 5.97. The summed E-state index contributed by atoms with van der Waals surface area (Å²) in [6.45, 7) is 0. The number of carbonyl (C=O) groups is 1. The molecule has 0 atom stereocenters. The van der Waals surface area contributed by atoms with Gasteiger partial charge in [0, 0.05) is 38.0 Å². The minimum absolute atomic E-state index is 0.0433. The molecule has 1 heterocycles. The second-order valence-electron chi connectivity index (χ2n) is 4.53. The lowest BCUT2D eigenvalue weighted by Gasteiger charge is -2.12. The second-order valence-corrected chi connectivity index (χ2v) is 4.92. The molecular weight excluding hydrogens is 260 g/mol. The van der Waals surface area contributed by atoms with E-state index in [0.717, 1.165) is 11.3 Å². The third kappa shape index (κ3) is 3.55. The van der Waals surface area contributed by atoms with Crippen LogP contribution < -0.4 is 4.90 Å². The zero-order chi connectivity index (χ0) is 13.8. The number of pyridine rings is 1. The topological polar surface area (TPSA) is 33.2 Å². The normalized spacial score (nSPS) is 10.3. The molecule has 0 spiro atoms. The first kappa shape index (κ1) is 13.6. The van der Waals surface area contributed by atoms with Crippen molar-refractivity contribution < 1.29 is 4.79 Å². The zero-order valence-corrected chi connectivity index (χ0v) is 11.7. The largest absolute Gasteiger partial charge is 0.378 e. The molecule has 0 aliphatic carbocycles. The van der Waals surface area contributed by atoms with Crippen molar-refractivity contribution in [3.63, 3.8) is 0 Å². The van der Waals surface area contributed by atoms with Crippen LogP contribution in [0.4, 0.5) is 5.69 Å². The second kappa shape index (κ2) is 5.85. The smallest absolute Gasteiger partial charge is 0.168 e. The predicted molar refractivity (Wildman–Crippen MR) is 78.1 cm³/mol. The van der Waals surface area contributed by atoms with E-state index in [1.54, 1.807) is 12.1 Å². The highest BCUT2D eigenvalue weighted by Crippen LogP contribution is 2.14. The van der Waals surface area contributed by atoms with Gasteiger partial charge in [0.25, 0.3) is 0 Å². The highest BCUT2D eigenvalue weighted by molar-refractivity contribution is 6.29. The van der Waals surface area contributed by atoms with Gasteiger partial charge < -0.3 is 4.90 Å². The lowest BCUT2D eigenvalue weighted by molar-refractivity contribution is 0.0992. The summed E-state index contributed by atoms with van der Waals surface area (Å²) in [5, 5.41) is 0.395. The molecule has 0 amide bonds. The number of hydrogen-bond acceptors (Lipinski definition) is 3. The van der Waals surface area contributed by atoms with Crippen LogP contribution in [0.2, 0.25) is 5.15 Å². The van der Waals surface area contributed by atoms with Gasteiger partial charge in [0.15, 0.2) is 5.78 Å². The molecule has 1 aromatic carbocycles. The third-order valence-corrected chi connectivity index (χ3v) is 3.09. The number of ketones is 1. The van der Waals surface area contributed by atoms with Crippen molar-refractivity contribution >= 4 is 23.1 Å². The van der Waals surface area contributed by atoms with E-state index >= 15 is 0 Å². The Morgan fingerprint density at radius 2 is 1.84 bits per heavy atom. The van der Waals surface area contributed by atoms with Crippen LogP contribution in [0.1, 0.15) is 15.9 Å². The predicted octanol–water partition coefficient (Wildman–Crippen LogP) is 3.23. The van der Waals surface area contributed by atoms with E-state index in [0.29, 0.717) is 17.1 Å². The van der Waals surface area contributed by atoms with Crippen molar-refractivity contribution in [3.8, 4) is 0 Å². The summed E-state index contributed by atoms with van der Waals surface area (Å²) in [6, 6.07) is 11.3. The van der Waals surface area contributed by atoms with Gasteiger partial charge in [-0.2, -0.15) is 0 Å². The first-order valence-corrected chi connectivity index (χ1v) is 6.35. The fourth-order valence-corrected chi connectivity index (χ4v) is 1.85. The van der Waals surface area contributed by atoms with Gasteiger partial charge in [-0.3, -0.25) is 4.79 Å². The van der Waals surface area contributed by atoms with Crippen LogP contribution in [0.15, 0.2) is 42.6 Å². The fraction of sp³-hybridized carbons (Fsp3) is 0.200. The highest BCUT2D eigenvalue weighted by atomic mass is 35.5. The number of benzene rings is 1. The minimum atomic E-state index is 0.0433. The Hall–Kier alpha value is -1.87. The molecule has 19 heavy (non-hydrogen) atoms. The van der Waals surface area contributed by atoms with Crippen LogP contribution in [-0.4, -0.2) is 24.9 Å². The van der Waals surface area contributed by atoms with E-state index in [9.17, 15) is 4.79 Å². The summed E-state index contributed by atoms with van der Waals surface area (Å²) in [5.74, 6) is 0.0433. The van der Waals surface area contributed by atoms with Crippen LogP contribution in [0.5, 0.6) is 0 Å². The Labute approximate surface area is 117 Å². The van der Waals surface area contributed by atoms with E-state index < -0.39 is 0 Å². The van der Waals surface area contributed by atoms with Crippen LogP contribution in [0, 0.1) is 0 Å². The molecule has 0 bridgehead atoms. The van der Waals surface area contributed by atoms with Gasteiger partial charge in [0.2, 0.25) is 0 Å². The number of hydrogen-bond donors (Lipinski definition) is 0. The molecule has 2 aromatic rings. The van der Waals surface area contributed by atoms with E-state index in [1.807, 2.05) is 43.3 Å². The van der Waals surface area contributed by atoms with Crippen molar-refractivity contribution in [3.05, 3.63) is 58.9 Å². The molecular formula is C15H15ClN2O. The van der Waals surface area contributed by atoms with Crippen molar-refractivity contribution in [2.24, 2.45) is 0 Å². The zero-order valence-electron chi connectivity index (χ0n) is 10.9. The van der Waals surface area contributed by atoms with Crippen molar-refractivity contribution in [2.45, 2.75) is 6.42 Å². The van der Waals surface area contributed by atoms with Crippen molar-refractivity contribution in [1.82, 2.24) is 4.98 Å². The molecule has 0 saturated carbocycles. The van der Waals surface area contributed by atoms with Crippen molar-refractivity contribution in [1.29, 1.82) is 0 Å². The van der Waals surface area contributed by atoms with Crippen LogP contribution in [0.25, 0.3) is 0 Å². The average Bonchev–Trinajstić information content (AvgIpc) is 2.40. The number of nitrogens with zero attached hydrogens (tertiary/aromatic N) is 2. The maximum atomic E-state index is 12.1. The summed E-state index contributed by atoms with van der Waals surface area (Å²) in [7, 11) is 3.97. The fourth-order valence-electron chi connectivity index (χ4n) is 1.74. The van der Waals surface area contributed by atoms with Gasteiger partial charge in [-0.05, 0) is 29.8 Å². The van der Waals surface area contributed by atoms with E-state index in [2.05, 4.69) is 4.98 Å². The van der Waals surface area contributed by atoms with Crippen LogP contribution >= 0.6 is 11.6 Å². The molecule has 2 rings (SSSR count). The standard InChI is InChI=1S/C15H15ClN2O/c1-18(2)13-6-3-11(4-7-13)9-14(19)12-5-8-15(16)17-10-12/h3-8,10H,9H2,1-2H3. The number of carbonyl (C=O) groups excluding carboxylic acids is 1. The molecule has 4 heteroatoms. The quantitative estimate of drug-likeness (QED) is 0.634. The Morgan fingerprint density at radius 1 is 1.16 bits per heavy atom. The highest BCUT2D eigenvalue weighted by Gasteiger charge is 2.07. The van der Waals surface area contributed by atoms with Crippen LogP contribution in [0.3, 0.4) is 0 Å². The maximum absolute atomic E-state index is 12.1. The molecule has 1 aromatic heterocycles. The van der Waals surface area contributed by atoms with Gasteiger partial charge in [0.1, 0.15) is 5.15 Å². The van der Waals surface area contributed by atoms with Gasteiger partial charge in [-0.1, -0.05) is 23.7 Å². The first-order chi connectivity index (χ1) is 9.06.